The van der Waals surface area contributed by atoms with Crippen molar-refractivity contribution < 1.29 is 9.53 Å². The number of ether oxygens (including phenoxy) is 1. The summed E-state index contributed by atoms with van der Waals surface area (Å²) in [6, 6.07) is 1.85. The summed E-state index contributed by atoms with van der Waals surface area (Å²) in [5.41, 5.74) is 2.00. The number of hydrogen-bond donors (Lipinski definition) is 1. The van der Waals surface area contributed by atoms with Gasteiger partial charge >= 0.3 is 5.97 Å². The van der Waals surface area contributed by atoms with E-state index in [4.69, 9.17) is 4.74 Å². The molecule has 1 heterocycles. The third-order valence-electron chi connectivity index (χ3n) is 2.48. The Kier molecular flexibility index (Phi) is 4.69. The quantitative estimate of drug-likeness (QED) is 0.780. The van der Waals surface area contributed by atoms with Gasteiger partial charge in [0, 0.05) is 11.7 Å². The lowest BCUT2D eigenvalue weighted by molar-refractivity contribution is -0.143. The van der Waals surface area contributed by atoms with Gasteiger partial charge < -0.3 is 10.1 Å². The number of hydrogen-bond acceptors (Lipinski definition) is 4. The lowest BCUT2D eigenvalue weighted by Crippen LogP contribution is -2.44. The van der Waals surface area contributed by atoms with Crippen LogP contribution in [0.1, 0.15) is 25.2 Å². The maximum Gasteiger partial charge on any atom is 0.324 e. The molecule has 1 unspecified atom stereocenters. The van der Waals surface area contributed by atoms with Crippen molar-refractivity contribution in [2.45, 2.75) is 46.3 Å². The Morgan fingerprint density at radius 2 is 2.18 bits per heavy atom. The number of rotatable bonds is 5. The van der Waals surface area contributed by atoms with Gasteiger partial charge in [-0.15, -0.1) is 0 Å². The van der Waals surface area contributed by atoms with Gasteiger partial charge in [0.05, 0.1) is 19.3 Å². The average molecular weight is 239 g/mol. The van der Waals surface area contributed by atoms with Crippen molar-refractivity contribution in [2.24, 2.45) is 0 Å². The van der Waals surface area contributed by atoms with E-state index in [-0.39, 0.29) is 18.1 Å². The van der Waals surface area contributed by atoms with Crippen LogP contribution in [0.5, 0.6) is 0 Å². The van der Waals surface area contributed by atoms with Crippen LogP contribution in [-0.4, -0.2) is 34.9 Å². The first kappa shape index (κ1) is 13.7. The zero-order valence-electron chi connectivity index (χ0n) is 11.2. The lowest BCUT2D eigenvalue weighted by Gasteiger charge is -2.19. The third-order valence-corrected chi connectivity index (χ3v) is 2.48. The fraction of sp³-hybridized carbons (Fsp3) is 0.667. The standard InChI is InChI=1S/C12H21N3O2/c1-8(2)13-11(12(16)17-5)7-15-10(4)6-9(3)14-15/h6,8,11,13H,7H2,1-5H3. The van der Waals surface area contributed by atoms with E-state index in [0.717, 1.165) is 11.4 Å². The first-order chi connectivity index (χ1) is 7.93. The van der Waals surface area contributed by atoms with Crippen LogP contribution in [0, 0.1) is 13.8 Å². The zero-order chi connectivity index (χ0) is 13.0. The van der Waals surface area contributed by atoms with Crippen molar-refractivity contribution in [3.63, 3.8) is 0 Å². The number of carbonyl (C=O) groups excluding carboxylic acids is 1. The fourth-order valence-corrected chi connectivity index (χ4v) is 1.77. The molecule has 1 N–H and O–H groups in total. The van der Waals surface area contributed by atoms with Crippen molar-refractivity contribution in [3.8, 4) is 0 Å². The van der Waals surface area contributed by atoms with E-state index in [1.165, 1.54) is 7.11 Å². The second-order valence-electron chi connectivity index (χ2n) is 4.51. The highest BCUT2D eigenvalue weighted by molar-refractivity contribution is 5.75. The van der Waals surface area contributed by atoms with Gasteiger partial charge in [0.2, 0.25) is 0 Å². The minimum Gasteiger partial charge on any atom is -0.468 e. The molecule has 0 aliphatic rings. The normalized spacial score (nSPS) is 12.8. The summed E-state index contributed by atoms with van der Waals surface area (Å²) in [4.78, 5) is 11.6. The summed E-state index contributed by atoms with van der Waals surface area (Å²) in [7, 11) is 1.40. The third kappa shape index (κ3) is 3.85. The van der Waals surface area contributed by atoms with Gasteiger partial charge in [-0.2, -0.15) is 5.10 Å². The van der Waals surface area contributed by atoms with Crippen LogP contribution < -0.4 is 5.32 Å². The minimum atomic E-state index is -0.363. The molecule has 5 heteroatoms. The molecule has 0 amide bonds. The van der Waals surface area contributed by atoms with Gasteiger partial charge in [0.15, 0.2) is 0 Å². The molecule has 0 aliphatic heterocycles. The Hall–Kier alpha value is -1.36. The molecule has 0 aliphatic carbocycles. The number of aromatic nitrogens is 2. The van der Waals surface area contributed by atoms with Crippen LogP contribution in [0.15, 0.2) is 6.07 Å². The molecule has 0 saturated carbocycles. The molecule has 0 spiro atoms. The van der Waals surface area contributed by atoms with Gasteiger partial charge in [-0.05, 0) is 19.9 Å². The summed E-state index contributed by atoms with van der Waals surface area (Å²) in [6.07, 6.45) is 0. The van der Waals surface area contributed by atoms with Crippen LogP contribution in [0.4, 0.5) is 0 Å². The molecule has 96 valence electrons. The number of methoxy groups -OCH3 is 1. The van der Waals surface area contributed by atoms with Crippen LogP contribution in [0.25, 0.3) is 0 Å². The second-order valence-corrected chi connectivity index (χ2v) is 4.51. The van der Waals surface area contributed by atoms with Crippen molar-refractivity contribution in [2.75, 3.05) is 7.11 Å². The summed E-state index contributed by atoms with van der Waals surface area (Å²) in [5.74, 6) is -0.258. The molecule has 0 saturated heterocycles. The number of carbonyl (C=O) groups is 1. The Balaban J connectivity index is 2.78. The molecule has 1 aromatic rings. The molecular weight excluding hydrogens is 218 g/mol. The van der Waals surface area contributed by atoms with E-state index in [1.54, 1.807) is 0 Å². The van der Waals surface area contributed by atoms with E-state index in [2.05, 4.69) is 10.4 Å². The van der Waals surface area contributed by atoms with Gasteiger partial charge in [0.1, 0.15) is 6.04 Å². The first-order valence-electron chi connectivity index (χ1n) is 5.79. The molecular formula is C12H21N3O2. The number of esters is 1. The maximum atomic E-state index is 11.6. The van der Waals surface area contributed by atoms with Crippen molar-refractivity contribution in [3.05, 3.63) is 17.5 Å². The molecule has 0 bridgehead atoms. The molecule has 0 fully saturated rings. The zero-order valence-corrected chi connectivity index (χ0v) is 11.2. The Morgan fingerprint density at radius 1 is 1.53 bits per heavy atom. The van der Waals surface area contributed by atoms with Crippen LogP contribution in [0.3, 0.4) is 0 Å². The Morgan fingerprint density at radius 3 is 2.59 bits per heavy atom. The molecule has 0 radical (unpaired) electrons. The largest absolute Gasteiger partial charge is 0.468 e. The average Bonchev–Trinajstić information content (AvgIpc) is 2.54. The van der Waals surface area contributed by atoms with Gasteiger partial charge in [-0.25, -0.2) is 0 Å². The van der Waals surface area contributed by atoms with Gasteiger partial charge in [-0.3, -0.25) is 9.48 Å². The van der Waals surface area contributed by atoms with Crippen LogP contribution >= 0.6 is 0 Å². The van der Waals surface area contributed by atoms with E-state index in [1.807, 2.05) is 38.4 Å². The Bertz CT molecular complexity index is 385. The fourth-order valence-electron chi connectivity index (χ4n) is 1.77. The molecule has 5 nitrogen and oxygen atoms in total. The number of aryl methyl sites for hydroxylation is 2. The highest BCUT2D eigenvalue weighted by atomic mass is 16.5. The Labute approximate surface area is 102 Å². The topological polar surface area (TPSA) is 56.2 Å². The first-order valence-corrected chi connectivity index (χ1v) is 5.79. The number of nitrogens with zero attached hydrogens (tertiary/aromatic N) is 2. The summed E-state index contributed by atoms with van der Waals surface area (Å²) >= 11 is 0. The van der Waals surface area contributed by atoms with Crippen LogP contribution in [0.2, 0.25) is 0 Å². The van der Waals surface area contributed by atoms with E-state index in [9.17, 15) is 4.79 Å². The summed E-state index contributed by atoms with van der Waals surface area (Å²) in [6.45, 7) is 8.40. The second kappa shape index (κ2) is 5.82. The van der Waals surface area contributed by atoms with Crippen molar-refractivity contribution >= 4 is 5.97 Å². The highest BCUT2D eigenvalue weighted by Crippen LogP contribution is 2.04. The van der Waals surface area contributed by atoms with Crippen molar-refractivity contribution in [1.29, 1.82) is 0 Å². The monoisotopic (exact) mass is 239 g/mol. The molecule has 1 aromatic heterocycles. The molecule has 1 rings (SSSR count). The molecule has 0 aromatic carbocycles. The van der Waals surface area contributed by atoms with Gasteiger partial charge in [0.25, 0.3) is 0 Å². The predicted octanol–water partition coefficient (Wildman–Crippen LogP) is 1.04. The predicted molar refractivity (Wildman–Crippen MR) is 65.8 cm³/mol. The number of nitrogens with one attached hydrogen (secondary N) is 1. The van der Waals surface area contributed by atoms with Crippen molar-refractivity contribution in [1.82, 2.24) is 15.1 Å². The summed E-state index contributed by atoms with van der Waals surface area (Å²) in [5, 5.41) is 7.52. The minimum absolute atomic E-state index is 0.219. The summed E-state index contributed by atoms with van der Waals surface area (Å²) < 4.78 is 6.62. The molecule has 17 heavy (non-hydrogen) atoms. The van der Waals surface area contributed by atoms with Gasteiger partial charge in [-0.1, -0.05) is 13.8 Å². The van der Waals surface area contributed by atoms with E-state index >= 15 is 0 Å². The SMILES string of the molecule is COC(=O)C(Cn1nc(C)cc1C)NC(C)C. The molecule has 1 atom stereocenters. The highest BCUT2D eigenvalue weighted by Gasteiger charge is 2.21. The lowest BCUT2D eigenvalue weighted by atomic mass is 10.2. The van der Waals surface area contributed by atoms with E-state index in [0.29, 0.717) is 6.54 Å². The maximum absolute atomic E-state index is 11.6. The van der Waals surface area contributed by atoms with E-state index < -0.39 is 0 Å². The smallest absolute Gasteiger partial charge is 0.324 e. The van der Waals surface area contributed by atoms with Crippen LogP contribution in [-0.2, 0) is 16.1 Å².